The van der Waals surface area contributed by atoms with Gasteiger partial charge in [0.05, 0.1) is 10.6 Å². The van der Waals surface area contributed by atoms with Gasteiger partial charge in [0.1, 0.15) is 0 Å². The van der Waals surface area contributed by atoms with Gasteiger partial charge in [0.25, 0.3) is 0 Å². The molecule has 3 heterocycles. The predicted octanol–water partition coefficient (Wildman–Crippen LogP) is 5.22. The van der Waals surface area contributed by atoms with Crippen LogP contribution >= 0.6 is 11.3 Å². The summed E-state index contributed by atoms with van der Waals surface area (Å²) in [5, 5.41) is 10.8. The Morgan fingerprint density at radius 1 is 0.968 bits per heavy atom. The van der Waals surface area contributed by atoms with Crippen molar-refractivity contribution < 1.29 is 0 Å². The van der Waals surface area contributed by atoms with E-state index in [1.54, 1.807) is 11.3 Å². The van der Waals surface area contributed by atoms with Crippen molar-refractivity contribution in [3.05, 3.63) is 65.2 Å². The second-order valence-corrected chi connectivity index (χ2v) is 10.9. The average Bonchev–Trinajstić information content (AvgIpc) is 3.15. The Bertz CT molecular complexity index is 980. The van der Waals surface area contributed by atoms with Crippen molar-refractivity contribution >= 4 is 17.3 Å². The number of hydrogen-bond donors (Lipinski definition) is 3. The molecule has 6 heteroatoms. The molecule has 3 N–H and O–H groups in total. The van der Waals surface area contributed by atoms with Gasteiger partial charge in [0.15, 0.2) is 0 Å². The second kappa shape index (κ2) is 9.07. The first-order chi connectivity index (χ1) is 14.8. The fourth-order valence-electron chi connectivity index (χ4n) is 4.71. The number of aromatic nitrogens is 2. The summed E-state index contributed by atoms with van der Waals surface area (Å²) in [6, 6.07) is 17.2. The lowest BCUT2D eigenvalue weighted by Crippen LogP contribution is -2.60. The summed E-state index contributed by atoms with van der Waals surface area (Å²) in [5.74, 6) is 0.716. The number of nitrogens with one attached hydrogen (secondary N) is 3. The lowest BCUT2D eigenvalue weighted by Gasteiger charge is -2.46. The van der Waals surface area contributed by atoms with E-state index in [4.69, 9.17) is 4.98 Å². The molecule has 1 aromatic carbocycles. The Labute approximate surface area is 189 Å². The molecule has 0 unspecified atom stereocenters. The minimum Gasteiger partial charge on any atom is -0.351 e. The smallest absolute Gasteiger partial charge is 0.223 e. The van der Waals surface area contributed by atoms with Crippen LogP contribution in [0.4, 0.5) is 5.95 Å². The summed E-state index contributed by atoms with van der Waals surface area (Å²) in [6.45, 7) is 10.8. The maximum atomic E-state index is 4.82. The van der Waals surface area contributed by atoms with Crippen LogP contribution in [-0.2, 0) is 13.1 Å². The monoisotopic (exact) mass is 435 g/mol. The predicted molar refractivity (Wildman–Crippen MR) is 130 cm³/mol. The van der Waals surface area contributed by atoms with E-state index >= 15 is 0 Å². The van der Waals surface area contributed by atoms with Crippen LogP contribution in [0.3, 0.4) is 0 Å². The number of nitrogens with zero attached hydrogens (tertiary/aromatic N) is 2. The molecule has 0 radical (unpaired) electrons. The van der Waals surface area contributed by atoms with Crippen molar-refractivity contribution in [2.45, 2.75) is 70.7 Å². The fraction of sp³-hybridized carbons (Fsp3) is 0.440. The van der Waals surface area contributed by atoms with E-state index in [2.05, 4.69) is 85.0 Å². The molecule has 0 aliphatic carbocycles. The number of anilines is 1. The summed E-state index contributed by atoms with van der Waals surface area (Å²) in [5.41, 5.74) is 2.46. The first kappa shape index (κ1) is 21.9. The van der Waals surface area contributed by atoms with Crippen LogP contribution < -0.4 is 16.0 Å². The number of benzene rings is 1. The normalized spacial score (nSPS) is 18.1. The van der Waals surface area contributed by atoms with Gasteiger partial charge in [0, 0.05) is 41.3 Å². The molecular formula is C25H33N5S. The maximum absolute atomic E-state index is 4.82. The minimum atomic E-state index is 0.0897. The van der Waals surface area contributed by atoms with Crippen LogP contribution in [-0.4, -0.2) is 27.1 Å². The fourth-order valence-corrected chi connectivity index (χ4v) is 5.66. The van der Waals surface area contributed by atoms with Gasteiger partial charge in [-0.25, -0.2) is 9.97 Å². The zero-order valence-corrected chi connectivity index (χ0v) is 19.7. The highest BCUT2D eigenvalue weighted by Gasteiger charge is 2.37. The molecule has 0 spiro atoms. The van der Waals surface area contributed by atoms with E-state index in [1.165, 1.54) is 15.3 Å². The van der Waals surface area contributed by atoms with Gasteiger partial charge < -0.3 is 16.0 Å². The Kier molecular flexibility index (Phi) is 6.42. The Hall–Kier alpha value is -2.28. The highest BCUT2D eigenvalue weighted by molar-refractivity contribution is 7.15. The third kappa shape index (κ3) is 6.12. The van der Waals surface area contributed by atoms with Crippen molar-refractivity contribution in [1.29, 1.82) is 0 Å². The molecule has 0 amide bonds. The van der Waals surface area contributed by atoms with Crippen molar-refractivity contribution in [3.8, 4) is 10.6 Å². The zero-order valence-electron chi connectivity index (χ0n) is 18.9. The highest BCUT2D eigenvalue weighted by atomic mass is 32.1. The topological polar surface area (TPSA) is 61.9 Å². The molecule has 0 atom stereocenters. The summed E-state index contributed by atoms with van der Waals surface area (Å²) in [4.78, 5) is 11.8. The van der Waals surface area contributed by atoms with Crippen LogP contribution in [0.5, 0.6) is 0 Å². The molecule has 31 heavy (non-hydrogen) atoms. The number of thiophene rings is 1. The SMILES string of the molecule is CC1(C)CC(Nc2nccc(-c3ccc(CNCc4ccccc4)s3)n2)CC(C)(C)N1. The van der Waals surface area contributed by atoms with Gasteiger partial charge in [-0.15, -0.1) is 11.3 Å². The molecule has 5 nitrogen and oxygen atoms in total. The van der Waals surface area contributed by atoms with Crippen LogP contribution in [0.2, 0.25) is 0 Å². The van der Waals surface area contributed by atoms with Gasteiger partial charge in [-0.2, -0.15) is 0 Å². The van der Waals surface area contributed by atoms with E-state index in [9.17, 15) is 0 Å². The molecule has 1 aliphatic rings. The highest BCUT2D eigenvalue weighted by Crippen LogP contribution is 2.31. The maximum Gasteiger partial charge on any atom is 0.223 e. The lowest BCUT2D eigenvalue weighted by molar-refractivity contribution is 0.170. The number of rotatable bonds is 7. The first-order valence-electron chi connectivity index (χ1n) is 11.0. The van der Waals surface area contributed by atoms with Crippen molar-refractivity contribution in [1.82, 2.24) is 20.6 Å². The molecule has 0 bridgehead atoms. The molecule has 0 saturated carbocycles. The molecule has 2 aromatic heterocycles. The Morgan fingerprint density at radius 3 is 2.45 bits per heavy atom. The third-order valence-corrected chi connectivity index (χ3v) is 6.67. The van der Waals surface area contributed by atoms with E-state index in [0.717, 1.165) is 31.6 Å². The summed E-state index contributed by atoms with van der Waals surface area (Å²) in [7, 11) is 0. The molecule has 4 rings (SSSR count). The Balaban J connectivity index is 1.38. The summed E-state index contributed by atoms with van der Waals surface area (Å²) in [6.07, 6.45) is 3.94. The van der Waals surface area contributed by atoms with Gasteiger partial charge in [-0.1, -0.05) is 30.3 Å². The largest absolute Gasteiger partial charge is 0.351 e. The van der Waals surface area contributed by atoms with Crippen LogP contribution in [0.25, 0.3) is 10.6 Å². The Morgan fingerprint density at radius 2 is 1.71 bits per heavy atom. The summed E-state index contributed by atoms with van der Waals surface area (Å²) >= 11 is 1.78. The van der Waals surface area contributed by atoms with Crippen molar-refractivity contribution in [3.63, 3.8) is 0 Å². The minimum absolute atomic E-state index is 0.0897. The van der Waals surface area contributed by atoms with Gasteiger partial charge in [0.2, 0.25) is 5.95 Å². The van der Waals surface area contributed by atoms with Gasteiger partial charge in [-0.05, 0) is 64.3 Å². The van der Waals surface area contributed by atoms with Crippen LogP contribution in [0, 0.1) is 0 Å². The van der Waals surface area contributed by atoms with Crippen LogP contribution in [0.1, 0.15) is 51.0 Å². The van der Waals surface area contributed by atoms with Gasteiger partial charge in [-0.3, -0.25) is 0 Å². The van der Waals surface area contributed by atoms with E-state index < -0.39 is 0 Å². The first-order valence-corrected chi connectivity index (χ1v) is 11.8. The van der Waals surface area contributed by atoms with Crippen molar-refractivity contribution in [2.75, 3.05) is 5.32 Å². The second-order valence-electron chi connectivity index (χ2n) is 9.76. The molecule has 1 fully saturated rings. The quantitative estimate of drug-likeness (QED) is 0.475. The van der Waals surface area contributed by atoms with Gasteiger partial charge >= 0.3 is 0 Å². The molecule has 1 saturated heterocycles. The third-order valence-electron chi connectivity index (χ3n) is 5.56. The number of hydrogen-bond acceptors (Lipinski definition) is 6. The molecule has 3 aromatic rings. The zero-order chi connectivity index (χ0) is 21.9. The van der Waals surface area contributed by atoms with E-state index in [-0.39, 0.29) is 11.1 Å². The van der Waals surface area contributed by atoms with Crippen molar-refractivity contribution in [2.24, 2.45) is 0 Å². The van der Waals surface area contributed by atoms with E-state index in [1.807, 2.05) is 18.3 Å². The molecule has 164 valence electrons. The summed E-state index contributed by atoms with van der Waals surface area (Å²) < 4.78 is 0. The lowest BCUT2D eigenvalue weighted by atomic mass is 9.80. The van der Waals surface area contributed by atoms with E-state index in [0.29, 0.717) is 12.0 Å². The average molecular weight is 436 g/mol. The standard InChI is InChI=1S/C25H33N5S/c1-24(2)14-19(15-25(3,4)30-24)28-23-27-13-12-21(29-23)22-11-10-20(31-22)17-26-16-18-8-6-5-7-9-18/h5-13,19,26,30H,14-17H2,1-4H3,(H,27,28,29). The molecule has 1 aliphatic heterocycles. The number of piperidine rings is 1. The molecular weight excluding hydrogens is 402 g/mol. The van der Waals surface area contributed by atoms with Crippen LogP contribution in [0.15, 0.2) is 54.7 Å².